The fraction of sp³-hybridized carbons (Fsp3) is 0.750. The van der Waals surface area contributed by atoms with E-state index in [1.807, 2.05) is 0 Å². The lowest BCUT2D eigenvalue weighted by atomic mass is 9.85. The van der Waals surface area contributed by atoms with Crippen molar-refractivity contribution in [3.05, 3.63) is 23.9 Å². The number of rotatable bonds is 2. The van der Waals surface area contributed by atoms with E-state index >= 15 is 0 Å². The Hall–Kier alpha value is -0.720. The van der Waals surface area contributed by atoms with Crippen LogP contribution in [0.25, 0.3) is 0 Å². The first-order chi connectivity index (χ1) is 8.09. The largest absolute Gasteiger partial charge is 0.370 e. The maximum Gasteiger partial charge on any atom is 0.0261 e. The Morgan fingerprint density at radius 2 is 1.88 bits per heavy atom. The molecular formula is C16H27N. The van der Waals surface area contributed by atoms with E-state index in [4.69, 9.17) is 0 Å². The molecule has 0 aromatic rings. The van der Waals surface area contributed by atoms with Crippen LogP contribution in [0.1, 0.15) is 59.3 Å². The minimum atomic E-state index is 0.731. The fourth-order valence-corrected chi connectivity index (χ4v) is 3.49. The van der Waals surface area contributed by atoms with Crippen LogP contribution in [-0.4, -0.2) is 17.0 Å². The van der Waals surface area contributed by atoms with Crippen LogP contribution in [0.5, 0.6) is 0 Å². The van der Waals surface area contributed by atoms with Gasteiger partial charge in [-0.1, -0.05) is 18.2 Å². The molecule has 1 fully saturated rings. The van der Waals surface area contributed by atoms with E-state index in [9.17, 15) is 0 Å². The highest BCUT2D eigenvalue weighted by molar-refractivity contribution is 5.13. The van der Waals surface area contributed by atoms with Crippen molar-refractivity contribution in [3.8, 4) is 0 Å². The molecule has 1 heterocycles. The molecule has 0 spiro atoms. The SMILES string of the molecule is C=C(C)[C@H]1CC=C(N2C(C)CCCC2C)CC1. The third-order valence-corrected chi connectivity index (χ3v) is 4.61. The molecule has 2 aliphatic rings. The molecule has 0 radical (unpaired) electrons. The van der Waals surface area contributed by atoms with Crippen molar-refractivity contribution in [2.75, 3.05) is 0 Å². The second-order valence-electron chi connectivity index (χ2n) is 6.05. The lowest BCUT2D eigenvalue weighted by molar-refractivity contribution is 0.136. The van der Waals surface area contributed by atoms with Crippen LogP contribution >= 0.6 is 0 Å². The molecular weight excluding hydrogens is 206 g/mol. The van der Waals surface area contributed by atoms with E-state index in [-0.39, 0.29) is 0 Å². The number of piperidine rings is 1. The second kappa shape index (κ2) is 5.29. The van der Waals surface area contributed by atoms with Crippen LogP contribution in [0, 0.1) is 5.92 Å². The van der Waals surface area contributed by atoms with Gasteiger partial charge in [0.25, 0.3) is 0 Å². The van der Waals surface area contributed by atoms with Crippen molar-refractivity contribution >= 4 is 0 Å². The monoisotopic (exact) mass is 233 g/mol. The number of likely N-dealkylation sites (tertiary alicyclic amines) is 1. The third-order valence-electron chi connectivity index (χ3n) is 4.61. The molecule has 0 bridgehead atoms. The first-order valence-electron chi connectivity index (χ1n) is 7.22. The summed E-state index contributed by atoms with van der Waals surface area (Å²) in [6.45, 7) is 11.1. The molecule has 1 nitrogen and oxygen atoms in total. The van der Waals surface area contributed by atoms with E-state index in [1.54, 1.807) is 5.70 Å². The minimum absolute atomic E-state index is 0.731. The summed E-state index contributed by atoms with van der Waals surface area (Å²) in [5, 5.41) is 0. The van der Waals surface area contributed by atoms with Crippen LogP contribution in [0.3, 0.4) is 0 Å². The van der Waals surface area contributed by atoms with Gasteiger partial charge in [-0.05, 0) is 65.2 Å². The van der Waals surface area contributed by atoms with Gasteiger partial charge in [-0.2, -0.15) is 0 Å². The summed E-state index contributed by atoms with van der Waals surface area (Å²) in [6, 6.07) is 1.48. The third kappa shape index (κ3) is 2.75. The molecule has 0 saturated carbocycles. The Kier molecular flexibility index (Phi) is 3.96. The first-order valence-corrected chi connectivity index (χ1v) is 7.22. The minimum Gasteiger partial charge on any atom is -0.370 e. The average molecular weight is 233 g/mol. The summed E-state index contributed by atoms with van der Waals surface area (Å²) < 4.78 is 0. The quantitative estimate of drug-likeness (QED) is 0.634. The van der Waals surface area contributed by atoms with Gasteiger partial charge in [0, 0.05) is 17.8 Å². The molecule has 0 aromatic heterocycles. The summed E-state index contributed by atoms with van der Waals surface area (Å²) in [5.41, 5.74) is 2.97. The van der Waals surface area contributed by atoms with E-state index in [0.717, 1.165) is 18.0 Å². The molecule has 0 N–H and O–H groups in total. The Labute approximate surface area is 107 Å². The molecule has 1 aliphatic heterocycles. The zero-order chi connectivity index (χ0) is 12.4. The number of nitrogens with zero attached hydrogens (tertiary/aromatic N) is 1. The Bertz CT molecular complexity index is 305. The number of hydrogen-bond acceptors (Lipinski definition) is 1. The summed E-state index contributed by atoms with van der Waals surface area (Å²) >= 11 is 0. The first kappa shape index (κ1) is 12.7. The Balaban J connectivity index is 2.05. The molecule has 0 aromatic carbocycles. The van der Waals surface area contributed by atoms with Crippen LogP contribution < -0.4 is 0 Å². The molecule has 1 heteroatoms. The maximum absolute atomic E-state index is 4.10. The smallest absolute Gasteiger partial charge is 0.0261 e. The van der Waals surface area contributed by atoms with Crippen molar-refractivity contribution in [3.63, 3.8) is 0 Å². The van der Waals surface area contributed by atoms with Crippen molar-refractivity contribution in [1.29, 1.82) is 0 Å². The zero-order valence-electron chi connectivity index (χ0n) is 11.7. The van der Waals surface area contributed by atoms with Gasteiger partial charge in [-0.25, -0.2) is 0 Å². The van der Waals surface area contributed by atoms with Gasteiger partial charge in [-0.15, -0.1) is 0 Å². The highest BCUT2D eigenvalue weighted by Crippen LogP contribution is 2.34. The van der Waals surface area contributed by atoms with Crippen molar-refractivity contribution in [2.24, 2.45) is 5.92 Å². The molecule has 0 amide bonds. The summed E-state index contributed by atoms with van der Waals surface area (Å²) in [7, 11) is 0. The highest BCUT2D eigenvalue weighted by atomic mass is 15.2. The molecule has 3 atom stereocenters. The van der Waals surface area contributed by atoms with Gasteiger partial charge >= 0.3 is 0 Å². The number of allylic oxidation sites excluding steroid dienone is 3. The van der Waals surface area contributed by atoms with Crippen LogP contribution in [-0.2, 0) is 0 Å². The molecule has 96 valence electrons. The van der Waals surface area contributed by atoms with E-state index in [2.05, 4.69) is 38.3 Å². The van der Waals surface area contributed by atoms with E-state index < -0.39 is 0 Å². The summed E-state index contributed by atoms with van der Waals surface area (Å²) in [6.07, 6.45) is 10.4. The summed E-state index contributed by atoms with van der Waals surface area (Å²) in [4.78, 5) is 2.69. The van der Waals surface area contributed by atoms with Gasteiger partial charge in [0.1, 0.15) is 0 Å². The normalized spacial score (nSPS) is 34.4. The predicted octanol–water partition coefficient (Wildman–Crippen LogP) is 4.51. The molecule has 2 unspecified atom stereocenters. The average Bonchev–Trinajstić information content (AvgIpc) is 2.29. The zero-order valence-corrected chi connectivity index (χ0v) is 11.7. The van der Waals surface area contributed by atoms with Crippen LogP contribution in [0.4, 0.5) is 0 Å². The van der Waals surface area contributed by atoms with Gasteiger partial charge < -0.3 is 4.90 Å². The predicted molar refractivity (Wildman–Crippen MR) is 74.9 cm³/mol. The van der Waals surface area contributed by atoms with E-state index in [0.29, 0.717) is 0 Å². The molecule has 2 rings (SSSR count). The van der Waals surface area contributed by atoms with Crippen molar-refractivity contribution in [1.82, 2.24) is 4.90 Å². The standard InChI is InChI=1S/C16H27N/c1-12(2)15-8-10-16(11-9-15)17-13(3)6-5-7-14(17)4/h10,13-15H,1,5-9,11H2,2-4H3/t13?,14?,15-/m0/s1. The molecule has 17 heavy (non-hydrogen) atoms. The topological polar surface area (TPSA) is 3.24 Å². The van der Waals surface area contributed by atoms with Gasteiger partial charge in [0.05, 0.1) is 0 Å². The molecule has 1 aliphatic carbocycles. The Morgan fingerprint density at radius 1 is 1.24 bits per heavy atom. The summed E-state index contributed by atoms with van der Waals surface area (Å²) in [5.74, 6) is 0.731. The highest BCUT2D eigenvalue weighted by Gasteiger charge is 2.28. The lowest BCUT2D eigenvalue weighted by Gasteiger charge is -2.44. The van der Waals surface area contributed by atoms with Crippen molar-refractivity contribution < 1.29 is 0 Å². The fourth-order valence-electron chi connectivity index (χ4n) is 3.49. The van der Waals surface area contributed by atoms with E-state index in [1.165, 1.54) is 44.1 Å². The number of hydrogen-bond donors (Lipinski definition) is 0. The van der Waals surface area contributed by atoms with Crippen LogP contribution in [0.2, 0.25) is 0 Å². The van der Waals surface area contributed by atoms with Gasteiger partial charge in [0.2, 0.25) is 0 Å². The van der Waals surface area contributed by atoms with Gasteiger partial charge in [0.15, 0.2) is 0 Å². The maximum atomic E-state index is 4.10. The van der Waals surface area contributed by atoms with Crippen LogP contribution in [0.15, 0.2) is 23.9 Å². The second-order valence-corrected chi connectivity index (χ2v) is 6.05. The molecule has 1 saturated heterocycles. The van der Waals surface area contributed by atoms with Gasteiger partial charge in [-0.3, -0.25) is 0 Å². The lowest BCUT2D eigenvalue weighted by Crippen LogP contribution is -2.43. The van der Waals surface area contributed by atoms with Crippen molar-refractivity contribution in [2.45, 2.75) is 71.4 Å². The Morgan fingerprint density at radius 3 is 2.35 bits per heavy atom.